The van der Waals surface area contributed by atoms with E-state index in [1.807, 2.05) is 13.8 Å². The zero-order valence-corrected chi connectivity index (χ0v) is 10.7. The van der Waals surface area contributed by atoms with E-state index >= 15 is 0 Å². The highest BCUT2D eigenvalue weighted by Crippen LogP contribution is 2.23. The number of hydrogen-bond donors (Lipinski definition) is 2. The second kappa shape index (κ2) is 6.24. The van der Waals surface area contributed by atoms with Gasteiger partial charge in [-0.2, -0.15) is 0 Å². The molecule has 0 spiro atoms. The van der Waals surface area contributed by atoms with E-state index in [1.165, 1.54) is 11.3 Å². The molecule has 0 aromatic carbocycles. The van der Waals surface area contributed by atoms with E-state index in [1.54, 1.807) is 6.07 Å². The molecule has 5 nitrogen and oxygen atoms in total. The Morgan fingerprint density at radius 1 is 1.53 bits per heavy atom. The Bertz CT molecular complexity index is 395. The number of ether oxygens (including phenoxy) is 1. The Balaban J connectivity index is 2.42. The van der Waals surface area contributed by atoms with Gasteiger partial charge >= 0.3 is 5.97 Å². The van der Waals surface area contributed by atoms with E-state index in [2.05, 4.69) is 5.32 Å². The fourth-order valence-electron chi connectivity index (χ4n) is 1.11. The van der Waals surface area contributed by atoms with Gasteiger partial charge in [0.25, 0.3) is 5.91 Å². The molecule has 0 bridgehead atoms. The van der Waals surface area contributed by atoms with Crippen molar-refractivity contribution >= 4 is 28.9 Å². The third-order valence-electron chi connectivity index (χ3n) is 2.06. The Morgan fingerprint density at radius 2 is 2.24 bits per heavy atom. The number of esters is 1. The molecule has 0 saturated carbocycles. The normalized spacial score (nSPS) is 10.0. The highest BCUT2D eigenvalue weighted by Gasteiger charge is 2.13. The number of nitrogens with one attached hydrogen (secondary N) is 1. The first-order valence-corrected chi connectivity index (χ1v) is 6.16. The van der Waals surface area contributed by atoms with Crippen LogP contribution in [0.15, 0.2) is 6.07 Å². The molecular formula is C11H16N2O3S. The lowest BCUT2D eigenvalue weighted by atomic mass is 10.4. The van der Waals surface area contributed by atoms with Crippen molar-refractivity contribution in [2.24, 2.45) is 0 Å². The van der Waals surface area contributed by atoms with Crippen molar-refractivity contribution in [3.05, 3.63) is 15.8 Å². The lowest BCUT2D eigenvalue weighted by molar-refractivity contribution is -0.124. The Hall–Kier alpha value is -1.56. The summed E-state index contributed by atoms with van der Waals surface area (Å²) in [5.74, 6) is -0.803. The van der Waals surface area contributed by atoms with Gasteiger partial charge in [-0.05, 0) is 19.4 Å². The van der Waals surface area contributed by atoms with Crippen molar-refractivity contribution < 1.29 is 14.3 Å². The molecule has 1 heterocycles. The molecule has 0 aliphatic carbocycles. The van der Waals surface area contributed by atoms with Crippen LogP contribution in [0.4, 0.5) is 5.69 Å². The summed E-state index contributed by atoms with van der Waals surface area (Å²) in [4.78, 5) is 24.0. The maximum absolute atomic E-state index is 11.5. The van der Waals surface area contributed by atoms with E-state index in [0.29, 0.717) is 17.1 Å². The standard InChI is InChI=1S/C11H16N2O3S/c1-3-4-13-10(14)6-16-11(15)9-5-8(12)7(2)17-9/h5H,3-4,6,12H2,1-2H3,(H,13,14). The second-order valence-corrected chi connectivity index (χ2v) is 4.80. The molecule has 0 fully saturated rings. The number of anilines is 1. The lowest BCUT2D eigenvalue weighted by Crippen LogP contribution is -2.29. The molecule has 1 rings (SSSR count). The fraction of sp³-hybridized carbons (Fsp3) is 0.455. The molecule has 0 aliphatic rings. The van der Waals surface area contributed by atoms with Crippen LogP contribution in [0, 0.1) is 6.92 Å². The number of hydrogen-bond acceptors (Lipinski definition) is 5. The van der Waals surface area contributed by atoms with Gasteiger partial charge in [0, 0.05) is 17.1 Å². The van der Waals surface area contributed by atoms with Crippen molar-refractivity contribution in [1.82, 2.24) is 5.32 Å². The zero-order chi connectivity index (χ0) is 12.8. The van der Waals surface area contributed by atoms with Crippen molar-refractivity contribution in [3.63, 3.8) is 0 Å². The monoisotopic (exact) mass is 256 g/mol. The lowest BCUT2D eigenvalue weighted by Gasteiger charge is -2.03. The van der Waals surface area contributed by atoms with Crippen LogP contribution in [0.2, 0.25) is 0 Å². The van der Waals surface area contributed by atoms with Crippen molar-refractivity contribution in [2.75, 3.05) is 18.9 Å². The van der Waals surface area contributed by atoms with Gasteiger partial charge in [-0.3, -0.25) is 4.79 Å². The zero-order valence-electron chi connectivity index (χ0n) is 9.91. The van der Waals surface area contributed by atoms with Gasteiger partial charge in [0.15, 0.2) is 6.61 Å². The summed E-state index contributed by atoms with van der Waals surface area (Å²) in [5.41, 5.74) is 6.19. The molecule has 1 aromatic heterocycles. The molecule has 17 heavy (non-hydrogen) atoms. The van der Waals surface area contributed by atoms with Crippen LogP contribution in [-0.2, 0) is 9.53 Å². The third kappa shape index (κ3) is 4.07. The number of carbonyl (C=O) groups is 2. The molecule has 0 saturated heterocycles. The molecule has 3 N–H and O–H groups in total. The van der Waals surface area contributed by atoms with Crippen molar-refractivity contribution in [3.8, 4) is 0 Å². The van der Waals surface area contributed by atoms with Gasteiger partial charge in [-0.25, -0.2) is 4.79 Å². The first-order chi connectivity index (χ1) is 8.04. The number of aryl methyl sites for hydroxylation is 1. The maximum atomic E-state index is 11.5. The number of nitrogen functional groups attached to an aromatic ring is 1. The average Bonchev–Trinajstić information content (AvgIpc) is 2.64. The summed E-state index contributed by atoms with van der Waals surface area (Å²) in [6.45, 7) is 4.10. The van der Waals surface area contributed by atoms with Crippen molar-refractivity contribution in [2.45, 2.75) is 20.3 Å². The summed E-state index contributed by atoms with van der Waals surface area (Å²) >= 11 is 1.26. The van der Waals surface area contributed by atoms with Gasteiger partial charge in [-0.15, -0.1) is 11.3 Å². The molecule has 6 heteroatoms. The van der Waals surface area contributed by atoms with E-state index in [4.69, 9.17) is 10.5 Å². The first kappa shape index (κ1) is 13.5. The van der Waals surface area contributed by atoms with Crippen LogP contribution in [0.1, 0.15) is 27.9 Å². The van der Waals surface area contributed by atoms with Crippen LogP contribution in [-0.4, -0.2) is 25.0 Å². The molecule has 0 radical (unpaired) electrons. The van der Waals surface area contributed by atoms with Crippen LogP contribution >= 0.6 is 11.3 Å². The molecule has 0 aliphatic heterocycles. The molecule has 1 amide bonds. The Labute approximate surface area is 104 Å². The van der Waals surface area contributed by atoms with Gasteiger partial charge in [0.05, 0.1) is 0 Å². The summed E-state index contributed by atoms with van der Waals surface area (Å²) in [7, 11) is 0. The highest BCUT2D eigenvalue weighted by atomic mass is 32.1. The van der Waals surface area contributed by atoms with Crippen LogP contribution in [0.25, 0.3) is 0 Å². The van der Waals surface area contributed by atoms with Gasteiger partial charge in [0.1, 0.15) is 4.88 Å². The van der Waals surface area contributed by atoms with E-state index < -0.39 is 5.97 Å². The molecular weight excluding hydrogens is 240 g/mol. The quantitative estimate of drug-likeness (QED) is 0.778. The summed E-state index contributed by atoms with van der Waals surface area (Å²) in [5, 5.41) is 2.62. The predicted molar refractivity (Wildman–Crippen MR) is 67.1 cm³/mol. The summed E-state index contributed by atoms with van der Waals surface area (Å²) in [6.07, 6.45) is 0.848. The second-order valence-electron chi connectivity index (χ2n) is 3.55. The smallest absolute Gasteiger partial charge is 0.348 e. The van der Waals surface area contributed by atoms with Crippen LogP contribution in [0.3, 0.4) is 0 Å². The first-order valence-electron chi connectivity index (χ1n) is 5.34. The minimum atomic E-state index is -0.513. The SMILES string of the molecule is CCCNC(=O)COC(=O)c1cc(N)c(C)s1. The van der Waals surface area contributed by atoms with Gasteiger partial charge < -0.3 is 15.8 Å². The Kier molecular flexibility index (Phi) is 4.96. The molecule has 0 unspecified atom stereocenters. The molecule has 94 valence electrons. The van der Waals surface area contributed by atoms with E-state index in [9.17, 15) is 9.59 Å². The largest absolute Gasteiger partial charge is 0.451 e. The summed E-state index contributed by atoms with van der Waals surface area (Å²) < 4.78 is 4.86. The highest BCUT2D eigenvalue weighted by molar-refractivity contribution is 7.14. The topological polar surface area (TPSA) is 81.4 Å². The van der Waals surface area contributed by atoms with Crippen LogP contribution < -0.4 is 11.1 Å². The minimum absolute atomic E-state index is 0.254. The molecule has 0 atom stereocenters. The number of carbonyl (C=O) groups excluding carboxylic acids is 2. The minimum Gasteiger partial charge on any atom is -0.451 e. The maximum Gasteiger partial charge on any atom is 0.348 e. The molecule has 1 aromatic rings. The predicted octanol–water partition coefficient (Wildman–Crippen LogP) is 1.32. The van der Waals surface area contributed by atoms with E-state index in [-0.39, 0.29) is 12.5 Å². The number of amides is 1. The number of thiophene rings is 1. The average molecular weight is 256 g/mol. The number of nitrogens with two attached hydrogens (primary N) is 1. The summed E-state index contributed by atoms with van der Waals surface area (Å²) in [6, 6.07) is 1.56. The van der Waals surface area contributed by atoms with Crippen LogP contribution in [0.5, 0.6) is 0 Å². The fourth-order valence-corrected chi connectivity index (χ4v) is 1.95. The van der Waals surface area contributed by atoms with Crippen molar-refractivity contribution in [1.29, 1.82) is 0 Å². The van der Waals surface area contributed by atoms with Gasteiger partial charge in [0.2, 0.25) is 0 Å². The Morgan fingerprint density at radius 3 is 2.76 bits per heavy atom. The number of rotatable bonds is 5. The third-order valence-corrected chi connectivity index (χ3v) is 3.11. The van der Waals surface area contributed by atoms with Gasteiger partial charge in [-0.1, -0.05) is 6.92 Å². The van der Waals surface area contributed by atoms with E-state index in [0.717, 1.165) is 11.3 Å².